The molecule has 0 saturated heterocycles. The lowest BCUT2D eigenvalue weighted by Crippen LogP contribution is -2.12. The molecule has 1 heterocycles. The highest BCUT2D eigenvalue weighted by Crippen LogP contribution is 2.24. The number of carbonyl (C=O) groups excluding carboxylic acids is 1. The Kier molecular flexibility index (Phi) is 5.48. The van der Waals surface area contributed by atoms with E-state index in [1.807, 2.05) is 31.2 Å². The molecule has 0 aliphatic rings. The van der Waals surface area contributed by atoms with Gasteiger partial charge in [0.05, 0.1) is 0 Å². The largest absolute Gasteiger partial charge is 0.439 e. The number of benzene rings is 3. The second-order valence-electron chi connectivity index (χ2n) is 6.62. The Labute approximate surface area is 173 Å². The molecule has 0 aliphatic heterocycles. The molecule has 0 radical (unpaired) electrons. The number of amides is 1. The number of rotatable bonds is 5. The van der Waals surface area contributed by atoms with Gasteiger partial charge >= 0.3 is 0 Å². The van der Waals surface area contributed by atoms with Crippen molar-refractivity contribution in [1.29, 1.82) is 0 Å². The summed E-state index contributed by atoms with van der Waals surface area (Å²) >= 11 is 0. The van der Waals surface area contributed by atoms with E-state index >= 15 is 0 Å². The lowest BCUT2D eigenvalue weighted by molar-refractivity contribution is 0.102. The van der Waals surface area contributed by atoms with E-state index in [-0.39, 0.29) is 11.7 Å². The summed E-state index contributed by atoms with van der Waals surface area (Å²) < 4.78 is 19.0. The fourth-order valence-electron chi connectivity index (χ4n) is 2.87. The van der Waals surface area contributed by atoms with E-state index in [9.17, 15) is 9.18 Å². The molecule has 148 valence electrons. The maximum atomic E-state index is 13.1. The molecule has 4 aromatic rings. The fourth-order valence-corrected chi connectivity index (χ4v) is 2.87. The van der Waals surface area contributed by atoms with E-state index in [1.54, 1.807) is 48.7 Å². The molecule has 0 bridgehead atoms. The first-order chi connectivity index (χ1) is 14.6. The first kappa shape index (κ1) is 19.3. The molecule has 1 amide bonds. The Balaban J connectivity index is 1.52. The van der Waals surface area contributed by atoms with Gasteiger partial charge in [-0.25, -0.2) is 9.37 Å². The third kappa shape index (κ3) is 4.50. The highest BCUT2D eigenvalue weighted by atomic mass is 19.1. The van der Waals surface area contributed by atoms with Gasteiger partial charge in [0.2, 0.25) is 5.88 Å². The molecule has 4 rings (SSSR count). The SMILES string of the molecule is Cc1ccccc1NC(=O)c1cccc(Oc2ccnc(-c3ccc(F)cc3)n2)c1. The highest BCUT2D eigenvalue weighted by molar-refractivity contribution is 6.04. The zero-order valence-electron chi connectivity index (χ0n) is 16.2. The molecule has 30 heavy (non-hydrogen) atoms. The molecule has 6 heteroatoms. The van der Waals surface area contributed by atoms with Crippen molar-refractivity contribution in [3.05, 3.63) is 102 Å². The normalized spacial score (nSPS) is 10.5. The molecule has 0 spiro atoms. The average molecular weight is 399 g/mol. The predicted molar refractivity (Wildman–Crippen MR) is 113 cm³/mol. The minimum absolute atomic E-state index is 0.232. The molecular weight excluding hydrogens is 381 g/mol. The number of nitrogens with zero attached hydrogens (tertiary/aromatic N) is 2. The molecule has 1 aromatic heterocycles. The highest BCUT2D eigenvalue weighted by Gasteiger charge is 2.10. The number of aromatic nitrogens is 2. The Morgan fingerprint density at radius 2 is 1.77 bits per heavy atom. The molecular formula is C24H18FN3O2. The van der Waals surface area contributed by atoms with Gasteiger partial charge in [-0.1, -0.05) is 24.3 Å². The summed E-state index contributed by atoms with van der Waals surface area (Å²) in [5, 5.41) is 2.90. The molecule has 0 fully saturated rings. The van der Waals surface area contributed by atoms with Gasteiger partial charge in [0.15, 0.2) is 5.82 Å². The minimum Gasteiger partial charge on any atom is -0.439 e. The Bertz CT molecular complexity index is 1190. The van der Waals surface area contributed by atoms with Gasteiger partial charge in [0, 0.05) is 29.1 Å². The summed E-state index contributed by atoms with van der Waals surface area (Å²) in [7, 11) is 0. The van der Waals surface area contributed by atoms with E-state index in [4.69, 9.17) is 4.74 Å². The van der Waals surface area contributed by atoms with Gasteiger partial charge < -0.3 is 10.1 Å². The molecule has 0 saturated carbocycles. The van der Waals surface area contributed by atoms with Gasteiger partial charge in [-0.15, -0.1) is 0 Å². The molecule has 0 aliphatic carbocycles. The van der Waals surface area contributed by atoms with Crippen LogP contribution in [0.3, 0.4) is 0 Å². The average Bonchev–Trinajstić information content (AvgIpc) is 2.76. The van der Waals surface area contributed by atoms with Crippen LogP contribution in [-0.2, 0) is 0 Å². The van der Waals surface area contributed by atoms with Crippen molar-refractivity contribution in [3.63, 3.8) is 0 Å². The van der Waals surface area contributed by atoms with E-state index in [2.05, 4.69) is 15.3 Å². The molecule has 0 unspecified atom stereocenters. The maximum absolute atomic E-state index is 13.1. The van der Waals surface area contributed by atoms with Gasteiger partial charge in [0.25, 0.3) is 5.91 Å². The number of hydrogen-bond donors (Lipinski definition) is 1. The van der Waals surface area contributed by atoms with Crippen molar-refractivity contribution in [2.45, 2.75) is 6.92 Å². The van der Waals surface area contributed by atoms with Gasteiger partial charge in [-0.2, -0.15) is 4.98 Å². The van der Waals surface area contributed by atoms with Crippen LogP contribution < -0.4 is 10.1 Å². The van der Waals surface area contributed by atoms with E-state index in [0.717, 1.165) is 11.3 Å². The number of ether oxygens (including phenoxy) is 1. The number of halogens is 1. The molecule has 3 aromatic carbocycles. The first-order valence-corrected chi connectivity index (χ1v) is 9.32. The second-order valence-corrected chi connectivity index (χ2v) is 6.62. The van der Waals surface area contributed by atoms with Crippen molar-refractivity contribution in [3.8, 4) is 23.0 Å². The molecule has 5 nitrogen and oxygen atoms in total. The maximum Gasteiger partial charge on any atom is 0.255 e. The van der Waals surface area contributed by atoms with Crippen LogP contribution in [0.2, 0.25) is 0 Å². The van der Waals surface area contributed by atoms with Crippen LogP contribution in [-0.4, -0.2) is 15.9 Å². The number of nitrogens with one attached hydrogen (secondary N) is 1. The molecule has 0 atom stereocenters. The first-order valence-electron chi connectivity index (χ1n) is 9.32. The summed E-state index contributed by atoms with van der Waals surface area (Å²) in [5.41, 5.74) is 2.87. The molecule has 1 N–H and O–H groups in total. The van der Waals surface area contributed by atoms with Crippen molar-refractivity contribution < 1.29 is 13.9 Å². The topological polar surface area (TPSA) is 64.1 Å². The summed E-state index contributed by atoms with van der Waals surface area (Å²) in [5.74, 6) is 0.648. The summed E-state index contributed by atoms with van der Waals surface area (Å²) in [6, 6.07) is 21.9. The van der Waals surface area contributed by atoms with Crippen LogP contribution in [0.15, 0.2) is 85.1 Å². The van der Waals surface area contributed by atoms with Crippen LogP contribution >= 0.6 is 0 Å². The standard InChI is InChI=1S/C24H18FN3O2/c1-16-5-2-3-8-21(16)27-24(29)18-6-4-7-20(15-18)30-22-13-14-26-23(28-22)17-9-11-19(25)12-10-17/h2-15H,1H3,(H,27,29). The second kappa shape index (κ2) is 8.53. The quantitative estimate of drug-likeness (QED) is 0.472. The van der Waals surface area contributed by atoms with Gasteiger partial charge in [0.1, 0.15) is 11.6 Å². The Morgan fingerprint density at radius 3 is 2.57 bits per heavy atom. The van der Waals surface area contributed by atoms with Gasteiger partial charge in [-0.05, 0) is 61.0 Å². The van der Waals surface area contributed by atoms with Crippen LogP contribution in [0.5, 0.6) is 11.6 Å². The lowest BCUT2D eigenvalue weighted by atomic mass is 10.1. The monoisotopic (exact) mass is 399 g/mol. The Morgan fingerprint density at radius 1 is 0.967 bits per heavy atom. The van der Waals surface area contributed by atoms with Crippen molar-refractivity contribution >= 4 is 11.6 Å². The van der Waals surface area contributed by atoms with Crippen molar-refractivity contribution in [1.82, 2.24) is 9.97 Å². The Hall–Kier alpha value is -4.06. The zero-order chi connectivity index (χ0) is 20.9. The smallest absolute Gasteiger partial charge is 0.255 e. The summed E-state index contributed by atoms with van der Waals surface area (Å²) in [6.45, 7) is 1.93. The summed E-state index contributed by atoms with van der Waals surface area (Å²) in [4.78, 5) is 21.2. The lowest BCUT2D eigenvalue weighted by Gasteiger charge is -2.10. The number of aryl methyl sites for hydroxylation is 1. The van der Waals surface area contributed by atoms with Crippen LogP contribution in [0.25, 0.3) is 11.4 Å². The van der Waals surface area contributed by atoms with Crippen LogP contribution in [0, 0.1) is 12.7 Å². The fraction of sp³-hybridized carbons (Fsp3) is 0.0417. The third-order valence-corrected chi connectivity index (χ3v) is 4.44. The van der Waals surface area contributed by atoms with Crippen molar-refractivity contribution in [2.24, 2.45) is 0 Å². The zero-order valence-corrected chi connectivity index (χ0v) is 16.2. The van der Waals surface area contributed by atoms with Crippen LogP contribution in [0.4, 0.5) is 10.1 Å². The van der Waals surface area contributed by atoms with Gasteiger partial charge in [-0.3, -0.25) is 4.79 Å². The van der Waals surface area contributed by atoms with E-state index in [0.29, 0.717) is 28.6 Å². The predicted octanol–water partition coefficient (Wildman–Crippen LogP) is 5.64. The van der Waals surface area contributed by atoms with E-state index in [1.165, 1.54) is 12.1 Å². The van der Waals surface area contributed by atoms with E-state index < -0.39 is 0 Å². The third-order valence-electron chi connectivity index (χ3n) is 4.44. The number of hydrogen-bond acceptors (Lipinski definition) is 4. The number of carbonyl (C=O) groups is 1. The van der Waals surface area contributed by atoms with Crippen LogP contribution in [0.1, 0.15) is 15.9 Å². The number of anilines is 1. The summed E-state index contributed by atoms with van der Waals surface area (Å²) in [6.07, 6.45) is 1.57. The number of para-hydroxylation sites is 1. The van der Waals surface area contributed by atoms with Crippen molar-refractivity contribution in [2.75, 3.05) is 5.32 Å². The minimum atomic E-state index is -0.327.